The quantitative estimate of drug-likeness (QED) is 0.894. The zero-order chi connectivity index (χ0) is 17.1. The summed E-state index contributed by atoms with van der Waals surface area (Å²) >= 11 is 0. The van der Waals surface area contributed by atoms with Crippen molar-refractivity contribution in [2.75, 3.05) is 13.1 Å². The molecule has 1 fully saturated rings. The molecule has 0 bridgehead atoms. The lowest BCUT2D eigenvalue weighted by Gasteiger charge is -2.34. The summed E-state index contributed by atoms with van der Waals surface area (Å²) in [5.41, 5.74) is 0.828. The monoisotopic (exact) mass is 329 g/mol. The van der Waals surface area contributed by atoms with Gasteiger partial charge in [-0.25, -0.2) is 0 Å². The van der Waals surface area contributed by atoms with E-state index in [2.05, 4.69) is 15.4 Å². The van der Waals surface area contributed by atoms with Crippen LogP contribution in [0.5, 0.6) is 0 Å². The van der Waals surface area contributed by atoms with Gasteiger partial charge in [-0.2, -0.15) is 4.80 Å². The Hall–Kier alpha value is -2.77. The van der Waals surface area contributed by atoms with Gasteiger partial charge in [0.25, 0.3) is 0 Å². The second-order valence-corrected chi connectivity index (χ2v) is 6.18. The molecule has 8 nitrogen and oxygen atoms in total. The first kappa shape index (κ1) is 16.1. The number of aromatic nitrogens is 4. The van der Waals surface area contributed by atoms with Crippen LogP contribution in [-0.2, 0) is 16.1 Å². The second kappa shape index (κ2) is 6.77. The molecule has 3 rings (SSSR count). The predicted octanol–water partition coefficient (Wildman–Crippen LogP) is 0.909. The number of hydrogen-bond acceptors (Lipinski definition) is 5. The number of nitrogens with zero attached hydrogens (tertiary/aromatic N) is 5. The summed E-state index contributed by atoms with van der Waals surface area (Å²) in [6, 6.07) is 9.39. The third-order valence-corrected chi connectivity index (χ3v) is 4.12. The Labute approximate surface area is 139 Å². The van der Waals surface area contributed by atoms with Crippen LogP contribution in [0.25, 0.3) is 11.4 Å². The van der Waals surface area contributed by atoms with Crippen molar-refractivity contribution < 1.29 is 14.7 Å². The van der Waals surface area contributed by atoms with Crippen LogP contribution in [0.4, 0.5) is 0 Å². The van der Waals surface area contributed by atoms with Gasteiger partial charge in [-0.05, 0) is 17.6 Å². The molecule has 2 unspecified atom stereocenters. The lowest BCUT2D eigenvalue weighted by molar-refractivity contribution is -0.147. The molecule has 2 atom stereocenters. The van der Waals surface area contributed by atoms with E-state index in [0.29, 0.717) is 18.8 Å². The zero-order valence-electron chi connectivity index (χ0n) is 13.4. The molecule has 1 aliphatic heterocycles. The minimum absolute atomic E-state index is 0.0428. The number of aliphatic carboxylic acids is 1. The average Bonchev–Trinajstić information content (AvgIpc) is 3.03. The van der Waals surface area contributed by atoms with E-state index in [4.69, 9.17) is 0 Å². The molecule has 1 saturated heterocycles. The minimum Gasteiger partial charge on any atom is -0.481 e. The predicted molar refractivity (Wildman–Crippen MR) is 84.7 cm³/mol. The van der Waals surface area contributed by atoms with Crippen LogP contribution in [-0.4, -0.2) is 55.2 Å². The van der Waals surface area contributed by atoms with E-state index >= 15 is 0 Å². The van der Waals surface area contributed by atoms with Crippen molar-refractivity contribution in [3.63, 3.8) is 0 Å². The van der Waals surface area contributed by atoms with Gasteiger partial charge in [0, 0.05) is 18.7 Å². The number of rotatable bonds is 4. The number of likely N-dealkylation sites (tertiary alicyclic amines) is 1. The van der Waals surface area contributed by atoms with Crippen molar-refractivity contribution in [3.8, 4) is 11.4 Å². The lowest BCUT2D eigenvalue weighted by Crippen LogP contribution is -2.46. The van der Waals surface area contributed by atoms with Crippen molar-refractivity contribution in [2.45, 2.75) is 19.9 Å². The molecule has 1 aromatic carbocycles. The molecule has 2 heterocycles. The molecule has 24 heavy (non-hydrogen) atoms. The van der Waals surface area contributed by atoms with Gasteiger partial charge >= 0.3 is 5.97 Å². The van der Waals surface area contributed by atoms with Crippen LogP contribution in [0, 0.1) is 11.8 Å². The Morgan fingerprint density at radius 1 is 1.25 bits per heavy atom. The van der Waals surface area contributed by atoms with Crippen LogP contribution < -0.4 is 0 Å². The molecule has 0 spiro atoms. The molecule has 0 radical (unpaired) electrons. The highest BCUT2D eigenvalue weighted by atomic mass is 16.4. The van der Waals surface area contributed by atoms with Gasteiger partial charge in [0.15, 0.2) is 0 Å². The lowest BCUT2D eigenvalue weighted by atomic mass is 9.90. The summed E-state index contributed by atoms with van der Waals surface area (Å²) < 4.78 is 0. The first-order valence-corrected chi connectivity index (χ1v) is 7.86. The normalized spacial score (nSPS) is 20.8. The van der Waals surface area contributed by atoms with Crippen molar-refractivity contribution in [2.24, 2.45) is 11.8 Å². The number of amides is 1. The first-order valence-electron chi connectivity index (χ1n) is 7.86. The zero-order valence-corrected chi connectivity index (χ0v) is 13.4. The van der Waals surface area contributed by atoms with Gasteiger partial charge in [0.05, 0.1) is 5.92 Å². The van der Waals surface area contributed by atoms with Crippen LogP contribution in [0.2, 0.25) is 0 Å². The number of hydrogen-bond donors (Lipinski definition) is 1. The molecule has 1 N–H and O–H groups in total. The summed E-state index contributed by atoms with van der Waals surface area (Å²) in [5.74, 6) is -0.943. The van der Waals surface area contributed by atoms with E-state index in [1.54, 1.807) is 4.90 Å². The first-order chi connectivity index (χ1) is 11.5. The molecule has 2 aromatic rings. The summed E-state index contributed by atoms with van der Waals surface area (Å²) in [6.45, 7) is 2.71. The van der Waals surface area contributed by atoms with E-state index < -0.39 is 11.9 Å². The van der Waals surface area contributed by atoms with E-state index in [-0.39, 0.29) is 24.9 Å². The minimum atomic E-state index is -0.857. The number of carbonyl (C=O) groups excluding carboxylic acids is 1. The standard InChI is InChI=1S/C16H19N5O3/c1-11-7-13(16(23)24)9-20(8-11)14(22)10-21-18-15(17-19-21)12-5-3-2-4-6-12/h2-6,11,13H,7-10H2,1H3,(H,23,24). The van der Waals surface area contributed by atoms with Crippen molar-refractivity contribution >= 4 is 11.9 Å². The van der Waals surface area contributed by atoms with Gasteiger partial charge in [0.1, 0.15) is 6.54 Å². The van der Waals surface area contributed by atoms with Crippen LogP contribution in [0.1, 0.15) is 13.3 Å². The fourth-order valence-corrected chi connectivity index (χ4v) is 2.97. The SMILES string of the molecule is CC1CC(C(=O)O)CN(C(=O)Cn2nnc(-c3ccccc3)n2)C1. The molecule has 1 aliphatic rings. The van der Waals surface area contributed by atoms with Crippen molar-refractivity contribution in [1.29, 1.82) is 0 Å². The molecule has 0 saturated carbocycles. The third-order valence-electron chi connectivity index (χ3n) is 4.12. The van der Waals surface area contributed by atoms with Crippen LogP contribution in [0.3, 0.4) is 0 Å². The van der Waals surface area contributed by atoms with E-state index in [1.165, 1.54) is 4.80 Å². The molecular weight excluding hydrogens is 310 g/mol. The number of tetrazole rings is 1. The number of carbonyl (C=O) groups is 2. The maximum absolute atomic E-state index is 12.4. The Kier molecular flexibility index (Phi) is 4.54. The molecular formula is C16H19N5O3. The highest BCUT2D eigenvalue weighted by Gasteiger charge is 2.32. The molecule has 1 amide bonds. The maximum atomic E-state index is 12.4. The van der Waals surface area contributed by atoms with Crippen molar-refractivity contribution in [1.82, 2.24) is 25.1 Å². The third kappa shape index (κ3) is 3.58. The van der Waals surface area contributed by atoms with Gasteiger partial charge in [0.2, 0.25) is 11.7 Å². The fourth-order valence-electron chi connectivity index (χ4n) is 2.97. The van der Waals surface area contributed by atoms with E-state index in [0.717, 1.165) is 5.56 Å². The number of piperidine rings is 1. The summed E-state index contributed by atoms with van der Waals surface area (Å²) in [5, 5.41) is 21.3. The van der Waals surface area contributed by atoms with Gasteiger partial charge in [-0.15, -0.1) is 10.2 Å². The molecule has 8 heteroatoms. The Morgan fingerprint density at radius 2 is 2.00 bits per heavy atom. The Morgan fingerprint density at radius 3 is 2.71 bits per heavy atom. The van der Waals surface area contributed by atoms with Gasteiger partial charge in [-0.1, -0.05) is 37.3 Å². The highest BCUT2D eigenvalue weighted by molar-refractivity contribution is 5.77. The van der Waals surface area contributed by atoms with E-state index in [9.17, 15) is 14.7 Å². The summed E-state index contributed by atoms with van der Waals surface area (Å²) in [7, 11) is 0. The number of carboxylic acids is 1. The van der Waals surface area contributed by atoms with Crippen LogP contribution in [0.15, 0.2) is 30.3 Å². The molecule has 126 valence electrons. The van der Waals surface area contributed by atoms with Gasteiger partial charge < -0.3 is 10.0 Å². The summed E-state index contributed by atoms with van der Waals surface area (Å²) in [4.78, 5) is 26.5. The fraction of sp³-hybridized carbons (Fsp3) is 0.438. The van der Waals surface area contributed by atoms with Gasteiger partial charge in [-0.3, -0.25) is 9.59 Å². The Bertz CT molecular complexity index is 730. The topological polar surface area (TPSA) is 101 Å². The smallest absolute Gasteiger partial charge is 0.308 e. The highest BCUT2D eigenvalue weighted by Crippen LogP contribution is 2.22. The largest absolute Gasteiger partial charge is 0.481 e. The molecule has 0 aliphatic carbocycles. The average molecular weight is 329 g/mol. The Balaban J connectivity index is 1.67. The summed E-state index contributed by atoms with van der Waals surface area (Å²) in [6.07, 6.45) is 0.596. The molecule has 1 aromatic heterocycles. The number of carboxylic acid groups (broad SMARTS) is 1. The second-order valence-electron chi connectivity index (χ2n) is 6.18. The maximum Gasteiger partial charge on any atom is 0.308 e. The number of benzene rings is 1. The van der Waals surface area contributed by atoms with Crippen LogP contribution >= 0.6 is 0 Å². The van der Waals surface area contributed by atoms with E-state index in [1.807, 2.05) is 37.3 Å². The van der Waals surface area contributed by atoms with Crippen molar-refractivity contribution in [3.05, 3.63) is 30.3 Å².